The molecule has 138 valence electrons. The van der Waals surface area contributed by atoms with E-state index in [2.05, 4.69) is 17.6 Å². The standard InChI is InChI=1S/C21H26N2O3/c1-3-4-5-10-15-26-19-14-9-7-12-17(19)21(25)23-18-13-8-6-11-16(18)20(24)22-2/h6-9,11-14H,3-5,10,15H2,1-2H3,(H,22,24)(H,23,25). The Morgan fingerprint density at radius 2 is 1.58 bits per heavy atom. The molecule has 2 N–H and O–H groups in total. The van der Waals surface area contributed by atoms with Gasteiger partial charge in [0.1, 0.15) is 5.75 Å². The third-order valence-corrected chi connectivity index (χ3v) is 4.03. The van der Waals surface area contributed by atoms with Gasteiger partial charge in [0.05, 0.1) is 23.4 Å². The van der Waals surface area contributed by atoms with E-state index in [0.717, 1.165) is 12.8 Å². The number of ether oxygens (including phenoxy) is 1. The molecule has 0 bridgehead atoms. The number of rotatable bonds is 9. The second-order valence-electron chi connectivity index (χ2n) is 5.98. The lowest BCUT2D eigenvalue weighted by atomic mass is 10.1. The average molecular weight is 354 g/mol. The smallest absolute Gasteiger partial charge is 0.259 e. The van der Waals surface area contributed by atoms with Crippen LogP contribution in [0.25, 0.3) is 0 Å². The molecule has 0 unspecified atom stereocenters. The monoisotopic (exact) mass is 354 g/mol. The Hall–Kier alpha value is -2.82. The predicted molar refractivity (Wildman–Crippen MR) is 104 cm³/mol. The van der Waals surface area contributed by atoms with E-state index in [-0.39, 0.29) is 11.8 Å². The molecule has 0 aliphatic rings. The second-order valence-corrected chi connectivity index (χ2v) is 5.98. The van der Waals surface area contributed by atoms with Crippen molar-refractivity contribution >= 4 is 17.5 Å². The van der Waals surface area contributed by atoms with Crippen molar-refractivity contribution in [3.05, 3.63) is 59.7 Å². The molecule has 0 aliphatic heterocycles. The summed E-state index contributed by atoms with van der Waals surface area (Å²) in [6, 6.07) is 14.1. The molecular weight excluding hydrogens is 328 g/mol. The van der Waals surface area contributed by atoms with E-state index in [4.69, 9.17) is 4.74 Å². The van der Waals surface area contributed by atoms with Crippen molar-refractivity contribution in [2.45, 2.75) is 32.6 Å². The van der Waals surface area contributed by atoms with Gasteiger partial charge in [-0.15, -0.1) is 0 Å². The highest BCUT2D eigenvalue weighted by Crippen LogP contribution is 2.22. The van der Waals surface area contributed by atoms with Crippen molar-refractivity contribution < 1.29 is 14.3 Å². The SMILES string of the molecule is CCCCCCOc1ccccc1C(=O)Nc1ccccc1C(=O)NC. The molecule has 0 aromatic heterocycles. The fraction of sp³-hybridized carbons (Fsp3) is 0.333. The van der Waals surface area contributed by atoms with Crippen molar-refractivity contribution in [3.63, 3.8) is 0 Å². The molecule has 2 aromatic rings. The summed E-state index contributed by atoms with van der Waals surface area (Å²) in [5, 5.41) is 5.39. The summed E-state index contributed by atoms with van der Waals surface area (Å²) in [6.45, 7) is 2.75. The largest absolute Gasteiger partial charge is 0.493 e. The number of nitrogens with one attached hydrogen (secondary N) is 2. The molecule has 2 amide bonds. The molecule has 0 spiro atoms. The first-order valence-electron chi connectivity index (χ1n) is 9.01. The maximum atomic E-state index is 12.7. The molecule has 0 fully saturated rings. The molecule has 0 saturated carbocycles. The Kier molecular flexibility index (Phi) is 7.68. The van der Waals surface area contributed by atoms with Crippen LogP contribution in [0.3, 0.4) is 0 Å². The van der Waals surface area contributed by atoms with Crippen molar-refractivity contribution in [2.24, 2.45) is 0 Å². The van der Waals surface area contributed by atoms with Crippen LogP contribution in [0.4, 0.5) is 5.69 Å². The number of hydrogen-bond acceptors (Lipinski definition) is 3. The quantitative estimate of drug-likeness (QED) is 0.661. The highest BCUT2D eigenvalue weighted by Gasteiger charge is 2.16. The van der Waals surface area contributed by atoms with Crippen LogP contribution in [0.2, 0.25) is 0 Å². The summed E-state index contributed by atoms with van der Waals surface area (Å²) >= 11 is 0. The van der Waals surface area contributed by atoms with Gasteiger partial charge in [-0.05, 0) is 30.7 Å². The molecular formula is C21H26N2O3. The van der Waals surface area contributed by atoms with E-state index in [9.17, 15) is 9.59 Å². The van der Waals surface area contributed by atoms with Gasteiger partial charge in [0, 0.05) is 7.05 Å². The summed E-state index contributed by atoms with van der Waals surface area (Å²) in [5.74, 6) is 0.00536. The van der Waals surface area contributed by atoms with Gasteiger partial charge in [0.2, 0.25) is 0 Å². The van der Waals surface area contributed by atoms with Crippen molar-refractivity contribution in [1.82, 2.24) is 5.32 Å². The van der Waals surface area contributed by atoms with Gasteiger partial charge in [0.25, 0.3) is 11.8 Å². The summed E-state index contributed by atoms with van der Waals surface area (Å²) in [6.07, 6.45) is 4.43. The van der Waals surface area contributed by atoms with E-state index < -0.39 is 0 Å². The van der Waals surface area contributed by atoms with Gasteiger partial charge in [0.15, 0.2) is 0 Å². The molecule has 0 radical (unpaired) electrons. The van der Waals surface area contributed by atoms with Crippen LogP contribution in [0, 0.1) is 0 Å². The molecule has 0 heterocycles. The van der Waals surface area contributed by atoms with Gasteiger partial charge in [-0.25, -0.2) is 0 Å². The van der Waals surface area contributed by atoms with E-state index in [1.54, 1.807) is 49.5 Å². The summed E-state index contributed by atoms with van der Waals surface area (Å²) in [4.78, 5) is 24.7. The van der Waals surface area contributed by atoms with Gasteiger partial charge < -0.3 is 15.4 Å². The average Bonchev–Trinajstić information content (AvgIpc) is 2.68. The van der Waals surface area contributed by atoms with Crippen LogP contribution < -0.4 is 15.4 Å². The van der Waals surface area contributed by atoms with E-state index in [1.165, 1.54) is 12.8 Å². The number of hydrogen-bond donors (Lipinski definition) is 2. The van der Waals surface area contributed by atoms with Gasteiger partial charge >= 0.3 is 0 Å². The molecule has 26 heavy (non-hydrogen) atoms. The van der Waals surface area contributed by atoms with Gasteiger partial charge in [-0.2, -0.15) is 0 Å². The van der Waals surface area contributed by atoms with Crippen LogP contribution in [0.15, 0.2) is 48.5 Å². The zero-order valence-corrected chi connectivity index (χ0v) is 15.4. The Morgan fingerprint density at radius 3 is 2.31 bits per heavy atom. The number of unbranched alkanes of at least 4 members (excludes halogenated alkanes) is 3. The van der Waals surface area contributed by atoms with Crippen LogP contribution in [0.5, 0.6) is 5.75 Å². The number of carbonyl (C=O) groups excluding carboxylic acids is 2. The van der Waals surface area contributed by atoms with Crippen LogP contribution in [-0.4, -0.2) is 25.5 Å². The fourth-order valence-electron chi connectivity index (χ4n) is 2.61. The lowest BCUT2D eigenvalue weighted by molar-refractivity contribution is 0.0964. The third kappa shape index (κ3) is 5.34. The Bertz CT molecular complexity index is 744. The molecule has 0 atom stereocenters. The maximum Gasteiger partial charge on any atom is 0.259 e. The van der Waals surface area contributed by atoms with E-state index >= 15 is 0 Å². The van der Waals surface area contributed by atoms with Gasteiger partial charge in [-0.1, -0.05) is 50.5 Å². The zero-order valence-electron chi connectivity index (χ0n) is 15.4. The lowest BCUT2D eigenvalue weighted by Gasteiger charge is -2.13. The van der Waals surface area contributed by atoms with E-state index in [1.807, 2.05) is 6.07 Å². The summed E-state index contributed by atoms with van der Waals surface area (Å²) in [5.41, 5.74) is 1.34. The molecule has 5 nitrogen and oxygen atoms in total. The first-order valence-corrected chi connectivity index (χ1v) is 9.01. The number of carbonyl (C=O) groups is 2. The van der Waals surface area contributed by atoms with E-state index in [0.29, 0.717) is 29.2 Å². The van der Waals surface area contributed by atoms with Crippen LogP contribution in [-0.2, 0) is 0 Å². The predicted octanol–water partition coefficient (Wildman–Crippen LogP) is 4.26. The fourth-order valence-corrected chi connectivity index (χ4v) is 2.61. The minimum atomic E-state index is -0.300. The topological polar surface area (TPSA) is 67.4 Å². The third-order valence-electron chi connectivity index (χ3n) is 4.03. The Balaban J connectivity index is 2.10. The number of amides is 2. The Morgan fingerprint density at radius 1 is 0.885 bits per heavy atom. The minimum absolute atomic E-state index is 0.249. The molecule has 0 saturated heterocycles. The Labute approximate surface area is 154 Å². The highest BCUT2D eigenvalue weighted by atomic mass is 16.5. The van der Waals surface area contributed by atoms with Crippen molar-refractivity contribution in [3.8, 4) is 5.75 Å². The second kappa shape index (κ2) is 10.2. The first-order chi connectivity index (χ1) is 12.7. The first kappa shape index (κ1) is 19.5. The zero-order chi connectivity index (χ0) is 18.8. The van der Waals surface area contributed by atoms with Crippen molar-refractivity contribution in [2.75, 3.05) is 19.0 Å². The van der Waals surface area contributed by atoms with Gasteiger partial charge in [-0.3, -0.25) is 9.59 Å². The number of para-hydroxylation sites is 2. The van der Waals surface area contributed by atoms with Crippen LogP contribution in [0.1, 0.15) is 53.3 Å². The maximum absolute atomic E-state index is 12.7. The van der Waals surface area contributed by atoms with Crippen molar-refractivity contribution in [1.29, 1.82) is 0 Å². The molecule has 0 aliphatic carbocycles. The molecule has 2 rings (SSSR count). The van der Waals surface area contributed by atoms with Crippen LogP contribution >= 0.6 is 0 Å². The highest BCUT2D eigenvalue weighted by molar-refractivity contribution is 6.10. The number of anilines is 1. The lowest BCUT2D eigenvalue weighted by Crippen LogP contribution is -2.21. The number of benzene rings is 2. The molecule has 2 aromatic carbocycles. The normalized spacial score (nSPS) is 10.2. The summed E-state index contributed by atoms with van der Waals surface area (Å²) in [7, 11) is 1.56. The minimum Gasteiger partial charge on any atom is -0.493 e. The summed E-state index contributed by atoms with van der Waals surface area (Å²) < 4.78 is 5.80. The molecule has 5 heteroatoms.